The average molecular weight is 283 g/mol. The largest absolute Gasteiger partial charge is 0.300 e. The highest BCUT2D eigenvalue weighted by Gasteiger charge is 2.35. The lowest BCUT2D eigenvalue weighted by atomic mass is 10.1. The topological polar surface area (TPSA) is 37.4 Å². The Morgan fingerprint density at radius 2 is 1.86 bits per heavy atom. The van der Waals surface area contributed by atoms with Crippen LogP contribution in [0, 0.1) is 5.82 Å². The Labute approximate surface area is 122 Å². The summed E-state index contributed by atoms with van der Waals surface area (Å²) in [5.74, 6) is -1.40. The van der Waals surface area contributed by atoms with Crippen LogP contribution in [0.1, 0.15) is 28.4 Å². The van der Waals surface area contributed by atoms with Crippen LogP contribution in [0.15, 0.2) is 42.5 Å². The molecule has 106 valence electrons. The summed E-state index contributed by atoms with van der Waals surface area (Å²) in [6.45, 7) is 2.19. The molecule has 0 saturated heterocycles. The van der Waals surface area contributed by atoms with Crippen molar-refractivity contribution in [3.63, 3.8) is 0 Å². The van der Waals surface area contributed by atoms with Gasteiger partial charge in [-0.2, -0.15) is 0 Å². The van der Waals surface area contributed by atoms with Crippen molar-refractivity contribution < 1.29 is 14.0 Å². The van der Waals surface area contributed by atoms with E-state index in [9.17, 15) is 14.0 Å². The van der Waals surface area contributed by atoms with E-state index in [2.05, 4.69) is 0 Å². The molecular formula is C17H14FNO2. The van der Waals surface area contributed by atoms with Gasteiger partial charge in [-0.15, -0.1) is 0 Å². The third kappa shape index (κ3) is 2.33. The van der Waals surface area contributed by atoms with E-state index in [4.69, 9.17) is 0 Å². The average Bonchev–Trinajstić information content (AvgIpc) is 2.72. The number of hydrogen-bond donors (Lipinski definition) is 0. The van der Waals surface area contributed by atoms with Crippen molar-refractivity contribution in [2.24, 2.45) is 0 Å². The lowest BCUT2D eigenvalue weighted by Crippen LogP contribution is -2.29. The Morgan fingerprint density at radius 1 is 1.05 bits per heavy atom. The Morgan fingerprint density at radius 3 is 2.57 bits per heavy atom. The number of ketones is 1. The van der Waals surface area contributed by atoms with E-state index in [0.29, 0.717) is 16.8 Å². The van der Waals surface area contributed by atoms with Gasteiger partial charge in [0, 0.05) is 0 Å². The second-order valence-electron chi connectivity index (χ2n) is 5.06. The van der Waals surface area contributed by atoms with Crippen LogP contribution in [0.2, 0.25) is 0 Å². The number of carbonyl (C=O) groups excluding carboxylic acids is 2. The van der Waals surface area contributed by atoms with Gasteiger partial charge in [0.2, 0.25) is 0 Å². The summed E-state index contributed by atoms with van der Waals surface area (Å²) in [4.78, 5) is 25.6. The number of anilines is 1. The first-order valence-corrected chi connectivity index (χ1v) is 6.83. The molecule has 3 nitrogen and oxygen atoms in total. The molecule has 21 heavy (non-hydrogen) atoms. The molecule has 0 radical (unpaired) electrons. The van der Waals surface area contributed by atoms with Gasteiger partial charge in [-0.25, -0.2) is 4.39 Å². The van der Waals surface area contributed by atoms with Gasteiger partial charge in [-0.3, -0.25) is 9.59 Å². The molecule has 0 N–H and O–H groups in total. The fraction of sp³-hybridized carbons (Fsp3) is 0.176. The van der Waals surface area contributed by atoms with E-state index in [0.717, 1.165) is 12.0 Å². The number of amides is 1. The maximum absolute atomic E-state index is 13.2. The molecule has 1 heterocycles. The van der Waals surface area contributed by atoms with E-state index >= 15 is 0 Å². The first kappa shape index (κ1) is 13.5. The summed E-state index contributed by atoms with van der Waals surface area (Å²) in [6.07, 6.45) is 0.804. The zero-order valence-corrected chi connectivity index (χ0v) is 11.6. The molecule has 1 aliphatic rings. The highest BCUT2D eigenvalue weighted by molar-refractivity contribution is 6.52. The molecule has 0 saturated carbocycles. The predicted molar refractivity (Wildman–Crippen MR) is 77.7 cm³/mol. The smallest absolute Gasteiger partial charge is 0.299 e. The third-order valence-corrected chi connectivity index (χ3v) is 3.67. The monoisotopic (exact) mass is 283 g/mol. The number of Topliss-reactive ketones (excluding diaryl/α,β-unsaturated/α-hetero) is 1. The Balaban J connectivity index is 1.98. The van der Waals surface area contributed by atoms with Gasteiger partial charge in [-0.1, -0.05) is 25.1 Å². The minimum absolute atomic E-state index is 0.195. The number of carbonyl (C=O) groups is 2. The summed E-state index contributed by atoms with van der Waals surface area (Å²) in [7, 11) is 0. The van der Waals surface area contributed by atoms with E-state index in [-0.39, 0.29) is 12.4 Å². The third-order valence-electron chi connectivity index (χ3n) is 3.67. The summed E-state index contributed by atoms with van der Waals surface area (Å²) < 4.78 is 13.2. The van der Waals surface area contributed by atoms with Crippen LogP contribution >= 0.6 is 0 Å². The van der Waals surface area contributed by atoms with Gasteiger partial charge >= 0.3 is 0 Å². The Bertz CT molecular complexity index is 739. The molecule has 0 atom stereocenters. The maximum Gasteiger partial charge on any atom is 0.299 e. The number of hydrogen-bond acceptors (Lipinski definition) is 2. The summed E-state index contributed by atoms with van der Waals surface area (Å²) in [6, 6.07) is 11.5. The lowest BCUT2D eigenvalue weighted by Gasteiger charge is -2.16. The minimum atomic E-state index is -0.553. The normalized spacial score (nSPS) is 13.7. The van der Waals surface area contributed by atoms with E-state index in [1.165, 1.54) is 17.0 Å². The van der Waals surface area contributed by atoms with Crippen molar-refractivity contribution in [1.82, 2.24) is 0 Å². The van der Waals surface area contributed by atoms with Crippen molar-refractivity contribution in [3.8, 4) is 0 Å². The molecule has 2 aromatic rings. The van der Waals surface area contributed by atoms with Crippen molar-refractivity contribution in [2.45, 2.75) is 19.9 Å². The van der Waals surface area contributed by atoms with Crippen LogP contribution in [0.4, 0.5) is 10.1 Å². The van der Waals surface area contributed by atoms with E-state index < -0.39 is 11.7 Å². The number of aryl methyl sites for hydroxylation is 1. The van der Waals surface area contributed by atoms with Crippen molar-refractivity contribution >= 4 is 17.4 Å². The molecule has 0 bridgehead atoms. The predicted octanol–water partition coefficient (Wildman–Crippen LogP) is 3.12. The lowest BCUT2D eigenvalue weighted by molar-refractivity contribution is -0.114. The van der Waals surface area contributed by atoms with Gasteiger partial charge in [0.15, 0.2) is 0 Å². The quantitative estimate of drug-likeness (QED) is 0.812. The zero-order valence-electron chi connectivity index (χ0n) is 11.6. The Hall–Kier alpha value is -2.49. The fourth-order valence-corrected chi connectivity index (χ4v) is 2.54. The van der Waals surface area contributed by atoms with Gasteiger partial charge < -0.3 is 4.90 Å². The molecule has 2 aromatic carbocycles. The molecule has 0 spiro atoms. The second kappa shape index (κ2) is 5.13. The minimum Gasteiger partial charge on any atom is -0.300 e. The summed E-state index contributed by atoms with van der Waals surface area (Å²) >= 11 is 0. The number of halogens is 1. The molecule has 3 rings (SSSR count). The molecule has 1 amide bonds. The van der Waals surface area contributed by atoms with Crippen molar-refractivity contribution in [1.29, 1.82) is 0 Å². The molecule has 0 aromatic heterocycles. The maximum atomic E-state index is 13.2. The van der Waals surface area contributed by atoms with Crippen LogP contribution in [0.3, 0.4) is 0 Å². The number of nitrogens with zero attached hydrogens (tertiary/aromatic N) is 1. The zero-order chi connectivity index (χ0) is 15.0. The van der Waals surface area contributed by atoms with Crippen LogP contribution in [-0.2, 0) is 17.8 Å². The molecule has 1 aliphatic heterocycles. The van der Waals surface area contributed by atoms with Gasteiger partial charge in [-0.05, 0) is 41.8 Å². The second-order valence-corrected chi connectivity index (χ2v) is 5.06. The van der Waals surface area contributed by atoms with Crippen LogP contribution < -0.4 is 4.90 Å². The van der Waals surface area contributed by atoms with E-state index in [1.807, 2.05) is 13.0 Å². The molecule has 0 fully saturated rings. The number of fused-ring (bicyclic) bond motifs is 1. The molecule has 0 unspecified atom stereocenters. The van der Waals surface area contributed by atoms with Gasteiger partial charge in [0.1, 0.15) is 5.82 Å². The SMILES string of the molecule is CCc1ccc2c(c1)C(=O)C(=O)N2Cc1cccc(F)c1. The van der Waals surface area contributed by atoms with Gasteiger partial charge in [0.25, 0.3) is 11.7 Å². The molecule has 0 aliphatic carbocycles. The number of benzene rings is 2. The Kier molecular flexibility index (Phi) is 3.29. The van der Waals surface area contributed by atoms with Crippen LogP contribution in [-0.4, -0.2) is 11.7 Å². The van der Waals surface area contributed by atoms with Crippen LogP contribution in [0.25, 0.3) is 0 Å². The summed E-state index contributed by atoms with van der Waals surface area (Å²) in [5.41, 5.74) is 2.72. The van der Waals surface area contributed by atoms with Crippen LogP contribution in [0.5, 0.6) is 0 Å². The van der Waals surface area contributed by atoms with Gasteiger partial charge in [0.05, 0.1) is 17.8 Å². The molecular weight excluding hydrogens is 269 g/mol. The standard InChI is InChI=1S/C17H14FNO2/c1-2-11-6-7-15-14(9-11)16(20)17(21)19(15)10-12-4-3-5-13(18)8-12/h3-9H,2,10H2,1H3. The van der Waals surface area contributed by atoms with Crippen molar-refractivity contribution in [3.05, 3.63) is 65.0 Å². The first-order chi connectivity index (χ1) is 10.1. The summed E-state index contributed by atoms with van der Waals surface area (Å²) in [5, 5.41) is 0. The van der Waals surface area contributed by atoms with E-state index in [1.54, 1.807) is 24.3 Å². The highest BCUT2D eigenvalue weighted by atomic mass is 19.1. The fourth-order valence-electron chi connectivity index (χ4n) is 2.54. The number of rotatable bonds is 3. The molecule has 4 heteroatoms. The van der Waals surface area contributed by atoms with Crippen molar-refractivity contribution in [2.75, 3.05) is 4.90 Å². The highest BCUT2D eigenvalue weighted by Crippen LogP contribution is 2.31. The first-order valence-electron chi connectivity index (χ1n) is 6.83.